The van der Waals surface area contributed by atoms with E-state index >= 15 is 0 Å². The monoisotopic (exact) mass is 620 g/mol. The number of halogens is 3. The third-order valence-corrected chi connectivity index (χ3v) is 10.4. The quantitative estimate of drug-likeness (QED) is 0.184. The van der Waals surface area contributed by atoms with Crippen LogP contribution in [0.4, 0.5) is 5.69 Å². The predicted octanol–water partition coefficient (Wildman–Crippen LogP) is 1.17. The Balaban J connectivity index is 0.000000810. The second-order valence-electron chi connectivity index (χ2n) is 7.92. The van der Waals surface area contributed by atoms with E-state index in [4.69, 9.17) is 41.8 Å². The predicted molar refractivity (Wildman–Crippen MR) is 144 cm³/mol. The van der Waals surface area contributed by atoms with Crippen LogP contribution in [-0.2, 0) is 0 Å². The van der Waals surface area contributed by atoms with Gasteiger partial charge in [0.25, 0.3) is 11.6 Å². The molecule has 0 saturated heterocycles. The van der Waals surface area contributed by atoms with Crippen molar-refractivity contribution in [1.82, 2.24) is 5.32 Å². The maximum absolute atomic E-state index is 13.4. The van der Waals surface area contributed by atoms with Gasteiger partial charge in [0.05, 0.1) is 4.92 Å². The van der Waals surface area contributed by atoms with Crippen LogP contribution >= 0.6 is 30.5 Å². The van der Waals surface area contributed by atoms with Crippen molar-refractivity contribution in [3.8, 4) is 0 Å². The Morgan fingerprint density at radius 3 is 1.32 bits per heavy atom. The van der Waals surface area contributed by atoms with Crippen molar-refractivity contribution in [3.63, 3.8) is 0 Å². The lowest BCUT2D eigenvalue weighted by atomic mass is 10.2. The molecule has 0 aliphatic carbocycles. The zero-order valence-electron chi connectivity index (χ0n) is 20.4. The average molecular weight is 622 g/mol. The Hall–Kier alpha value is -3.37. The molecule has 0 unspecified atom stereocenters. The summed E-state index contributed by atoms with van der Waals surface area (Å²) in [7, 11) is -7.69. The number of non-ortho nitro benzene ring substituents is 1. The first-order chi connectivity index (χ1) is 18.9. The summed E-state index contributed by atoms with van der Waals surface area (Å²) >= 11 is 13.1. The third kappa shape index (κ3) is 7.85. The maximum Gasteiger partial charge on any atom is 0.269 e. The largest absolute Gasteiger partial charge is 0.290 e. The molecule has 0 radical (unpaired) electrons. The van der Waals surface area contributed by atoms with Crippen LogP contribution in [0.2, 0.25) is 0 Å². The number of hydrogen-bond acceptors (Lipinski definition) is 7. The highest BCUT2D eigenvalue weighted by Crippen LogP contribution is 2.63. The molecule has 1 amide bonds. The van der Waals surface area contributed by atoms with Crippen LogP contribution in [0.15, 0.2) is 125 Å². The lowest BCUT2D eigenvalue weighted by molar-refractivity contribution is -2.00. The first kappa shape index (κ1) is 31.2. The minimum absolute atomic E-state index is 0.0647. The zero-order chi connectivity index (χ0) is 29.3. The molecule has 0 aromatic heterocycles. The van der Waals surface area contributed by atoms with Crippen molar-refractivity contribution >= 4 is 58.0 Å². The van der Waals surface area contributed by atoms with Crippen LogP contribution in [0.25, 0.3) is 0 Å². The fourth-order valence-corrected chi connectivity index (χ4v) is 8.87. The Kier molecular flexibility index (Phi) is 10.8. The van der Waals surface area contributed by atoms with Gasteiger partial charge in [0.15, 0.2) is 11.8 Å². The van der Waals surface area contributed by atoms with E-state index in [2.05, 4.69) is 5.32 Å². The molecule has 0 aliphatic heterocycles. The topological polar surface area (TPSA) is 164 Å². The molecule has 0 aliphatic rings. The Labute approximate surface area is 242 Å². The molecular formula is C27H20Cl3N2O7P. The number of carbonyl (C=O) groups is 1. The van der Waals surface area contributed by atoms with Gasteiger partial charge in [0.2, 0.25) is 5.44 Å². The Morgan fingerprint density at radius 2 is 1.02 bits per heavy atom. The van der Waals surface area contributed by atoms with E-state index < -0.39 is 28.3 Å². The van der Waals surface area contributed by atoms with Gasteiger partial charge in [0.1, 0.15) is 15.9 Å². The van der Waals surface area contributed by atoms with Gasteiger partial charge in [-0.15, -0.1) is 10.2 Å². The minimum Gasteiger partial charge on any atom is -0.290 e. The SMILES string of the molecule is O=C(NC(=C(Cl)Cl)[P+](c1ccccc1)(c1ccccc1)c1ccccc1)c1ccc([N+](=O)[O-])cc1.[O-][Cl+3]([O-])([O-])[O-]. The van der Waals surface area contributed by atoms with Crippen LogP contribution in [0.3, 0.4) is 0 Å². The fraction of sp³-hybridized carbons (Fsp3) is 0. The fourth-order valence-electron chi connectivity index (χ4n) is 3.96. The molecule has 206 valence electrons. The smallest absolute Gasteiger partial charge is 0.269 e. The molecule has 4 aromatic rings. The van der Waals surface area contributed by atoms with E-state index in [1.165, 1.54) is 24.3 Å². The molecule has 13 heteroatoms. The molecule has 0 fully saturated rings. The summed E-state index contributed by atoms with van der Waals surface area (Å²) in [6.07, 6.45) is 0. The van der Waals surface area contributed by atoms with Gasteiger partial charge < -0.3 is 0 Å². The first-order valence-corrected chi connectivity index (χ1v) is 15.0. The molecule has 9 nitrogen and oxygen atoms in total. The van der Waals surface area contributed by atoms with Crippen LogP contribution in [0, 0.1) is 20.4 Å². The molecule has 4 rings (SSSR count). The minimum atomic E-state index is -4.94. The summed E-state index contributed by atoms with van der Waals surface area (Å²) in [6.45, 7) is 0. The molecule has 1 N–H and O–H groups in total. The summed E-state index contributed by atoms with van der Waals surface area (Å²) in [6, 6.07) is 34.8. The number of benzene rings is 4. The standard InChI is InChI=1S/C27H19Cl2N2O3P.ClHO4/c28-25(29)27(30-26(32)20-16-18-21(19-17-20)31(33)34)35(22-10-4-1-5-11-22,23-12-6-2-7-13-23)24-14-8-3-9-15-24;2-1(3,4)5/h1-19H;(H,2,3,4,5). The van der Waals surface area contributed by atoms with Crippen LogP contribution < -0.4 is 39.9 Å². The molecule has 4 aromatic carbocycles. The van der Waals surface area contributed by atoms with E-state index in [1.807, 2.05) is 91.0 Å². The van der Waals surface area contributed by atoms with Crippen molar-refractivity contribution in [2.24, 2.45) is 0 Å². The third-order valence-electron chi connectivity index (χ3n) is 5.52. The lowest BCUT2D eigenvalue weighted by Crippen LogP contribution is -2.68. The van der Waals surface area contributed by atoms with Gasteiger partial charge in [-0.2, -0.15) is 0 Å². The number of rotatable bonds is 7. The molecule has 0 spiro atoms. The highest BCUT2D eigenvalue weighted by atomic mass is 35.7. The molecule has 40 heavy (non-hydrogen) atoms. The van der Waals surface area contributed by atoms with Crippen molar-refractivity contribution in [1.29, 1.82) is 0 Å². The Morgan fingerprint density at radius 1 is 0.675 bits per heavy atom. The summed E-state index contributed by atoms with van der Waals surface area (Å²) in [5, 5.41) is 16.9. The number of amides is 1. The van der Waals surface area contributed by atoms with Crippen molar-refractivity contribution < 1.29 is 38.6 Å². The molecular weight excluding hydrogens is 602 g/mol. The second kappa shape index (κ2) is 13.8. The van der Waals surface area contributed by atoms with Crippen LogP contribution in [-0.4, -0.2) is 10.8 Å². The van der Waals surface area contributed by atoms with E-state index in [9.17, 15) is 14.9 Å². The lowest BCUT2D eigenvalue weighted by Gasteiger charge is -2.29. The number of carbonyl (C=O) groups excluding carboxylic acids is 1. The average Bonchev–Trinajstić information content (AvgIpc) is 2.93. The summed E-state index contributed by atoms with van der Waals surface area (Å²) in [4.78, 5) is 23.9. The van der Waals surface area contributed by atoms with Crippen molar-refractivity contribution in [2.45, 2.75) is 0 Å². The maximum atomic E-state index is 13.4. The number of nitro groups is 1. The second-order valence-corrected chi connectivity index (χ2v) is 13.0. The van der Waals surface area contributed by atoms with Gasteiger partial charge in [0, 0.05) is 17.7 Å². The molecule has 0 bridgehead atoms. The van der Waals surface area contributed by atoms with Gasteiger partial charge in [-0.3, -0.25) is 20.2 Å². The van der Waals surface area contributed by atoms with Gasteiger partial charge in [-0.1, -0.05) is 77.8 Å². The van der Waals surface area contributed by atoms with Crippen molar-refractivity contribution in [3.05, 3.63) is 141 Å². The summed E-state index contributed by atoms with van der Waals surface area (Å²) in [5.41, 5.74) is 0.523. The summed E-state index contributed by atoms with van der Waals surface area (Å²) in [5.74, 6) is -0.471. The van der Waals surface area contributed by atoms with Gasteiger partial charge in [-0.05, 0) is 48.5 Å². The number of nitrogens with one attached hydrogen (secondary N) is 1. The molecule has 0 heterocycles. The highest BCUT2D eigenvalue weighted by molar-refractivity contribution is 7.99. The van der Waals surface area contributed by atoms with Crippen LogP contribution in [0.1, 0.15) is 10.4 Å². The molecule has 0 atom stereocenters. The van der Waals surface area contributed by atoms with E-state index in [0.717, 1.165) is 15.9 Å². The number of hydrogen-bond donors (Lipinski definition) is 1. The molecule has 0 saturated carbocycles. The summed E-state index contributed by atoms with van der Waals surface area (Å²) < 4.78 is 33.9. The number of nitrogens with zero attached hydrogens (tertiary/aromatic N) is 1. The van der Waals surface area contributed by atoms with E-state index in [0.29, 0.717) is 5.44 Å². The van der Waals surface area contributed by atoms with Crippen molar-refractivity contribution in [2.75, 3.05) is 0 Å². The zero-order valence-corrected chi connectivity index (χ0v) is 23.5. The van der Waals surface area contributed by atoms with Gasteiger partial charge in [-0.25, -0.2) is 18.6 Å². The Bertz CT molecular complexity index is 1360. The van der Waals surface area contributed by atoms with E-state index in [-0.39, 0.29) is 15.7 Å². The van der Waals surface area contributed by atoms with Gasteiger partial charge >= 0.3 is 0 Å². The first-order valence-electron chi connectivity index (χ1n) is 11.2. The highest BCUT2D eigenvalue weighted by Gasteiger charge is 2.52. The van der Waals surface area contributed by atoms with Crippen LogP contribution in [0.5, 0.6) is 0 Å². The number of nitro benzene ring substituents is 1. The van der Waals surface area contributed by atoms with E-state index in [1.54, 1.807) is 0 Å². The normalized spacial score (nSPS) is 11.1.